The Morgan fingerprint density at radius 2 is 1.81 bits per heavy atom. The van der Waals surface area contributed by atoms with Crippen LogP contribution in [0.5, 0.6) is 0 Å². The van der Waals surface area contributed by atoms with Crippen LogP contribution in [0.4, 0.5) is 18.0 Å². The summed E-state index contributed by atoms with van der Waals surface area (Å²) in [7, 11) is -4.41. The van der Waals surface area contributed by atoms with Crippen LogP contribution in [0.25, 0.3) is 0 Å². The molecule has 0 bridgehead atoms. The number of carbonyl (C=O) groups is 1. The van der Waals surface area contributed by atoms with E-state index in [-0.39, 0.29) is 12.6 Å². The van der Waals surface area contributed by atoms with E-state index in [1.807, 2.05) is 0 Å². The van der Waals surface area contributed by atoms with Gasteiger partial charge in [0.15, 0.2) is 11.6 Å². The fourth-order valence-corrected chi connectivity index (χ4v) is 7.65. The zero-order valence-corrected chi connectivity index (χ0v) is 21.0. The molecule has 5 rings (SSSR count). The van der Waals surface area contributed by atoms with Gasteiger partial charge in [-0.2, -0.15) is 4.31 Å². The summed E-state index contributed by atoms with van der Waals surface area (Å²) in [5, 5.41) is 9.62. The zero-order chi connectivity index (χ0) is 26.4. The van der Waals surface area contributed by atoms with Crippen molar-refractivity contribution >= 4 is 16.1 Å². The average molecular weight is 539 g/mol. The van der Waals surface area contributed by atoms with Gasteiger partial charge in [-0.3, -0.25) is 0 Å². The minimum Gasteiger partial charge on any atom is -0.441 e. The van der Waals surface area contributed by atoms with Crippen molar-refractivity contribution in [3.8, 4) is 0 Å². The first-order chi connectivity index (χ1) is 17.7. The molecule has 1 N–H and O–H groups in total. The molecule has 0 aromatic heterocycles. The Labute approximate surface area is 213 Å². The number of halogens is 3. The normalized spacial score (nSPS) is 25.7. The predicted molar refractivity (Wildman–Crippen MR) is 127 cm³/mol. The third-order valence-electron chi connectivity index (χ3n) is 7.73. The minimum atomic E-state index is -4.41. The van der Waals surface area contributed by atoms with E-state index in [0.29, 0.717) is 56.7 Å². The number of hydrogen-bond donors (Lipinski definition) is 1. The first kappa shape index (κ1) is 26.0. The number of aliphatic hydroxyl groups excluding tert-OH is 1. The third kappa shape index (κ3) is 4.84. The Bertz CT molecular complexity index is 1290. The fourth-order valence-electron chi connectivity index (χ4n) is 5.72. The van der Waals surface area contributed by atoms with E-state index in [0.717, 1.165) is 18.6 Å². The summed E-state index contributed by atoms with van der Waals surface area (Å²) in [6.07, 6.45) is 3.00. The molecule has 3 fully saturated rings. The van der Waals surface area contributed by atoms with Crippen LogP contribution in [-0.4, -0.2) is 59.7 Å². The van der Waals surface area contributed by atoms with Crippen molar-refractivity contribution in [1.82, 2.24) is 9.21 Å². The molecule has 200 valence electrons. The van der Waals surface area contributed by atoms with Crippen LogP contribution in [0.15, 0.2) is 47.4 Å². The van der Waals surface area contributed by atoms with Gasteiger partial charge in [0, 0.05) is 6.54 Å². The van der Waals surface area contributed by atoms with Gasteiger partial charge < -0.3 is 14.7 Å². The lowest BCUT2D eigenvalue weighted by Gasteiger charge is -2.44. The first-order valence-electron chi connectivity index (χ1n) is 12.5. The Kier molecular flexibility index (Phi) is 6.97. The molecule has 2 aliphatic heterocycles. The van der Waals surface area contributed by atoms with Gasteiger partial charge in [0.2, 0.25) is 10.0 Å². The number of carbonyl (C=O) groups excluding carboxylic acids is 1. The highest BCUT2D eigenvalue weighted by Crippen LogP contribution is 2.53. The number of hydrogen-bond acceptors (Lipinski definition) is 5. The molecule has 1 saturated carbocycles. The molecule has 3 aliphatic rings. The summed E-state index contributed by atoms with van der Waals surface area (Å²) in [6, 6.07) is 6.12. The summed E-state index contributed by atoms with van der Waals surface area (Å²) in [6.45, 7) is 0.247. The summed E-state index contributed by atoms with van der Waals surface area (Å²) in [5.74, 6) is -3.00. The minimum absolute atomic E-state index is 0.191. The van der Waals surface area contributed by atoms with Crippen LogP contribution < -0.4 is 0 Å². The SMILES string of the molecule is O=C(OC1([C@H]2CCC[C@@H](c3cccc(F)c3)N2S(=O)(=O)c2ccc(F)c(F)c2)CC1)N1CCC[C@H]1CO. The molecule has 11 heteroatoms. The van der Waals surface area contributed by atoms with E-state index in [1.54, 1.807) is 6.07 Å². The van der Waals surface area contributed by atoms with Gasteiger partial charge in [-0.05, 0) is 80.8 Å². The highest BCUT2D eigenvalue weighted by molar-refractivity contribution is 7.89. The van der Waals surface area contributed by atoms with Gasteiger partial charge in [0.05, 0.1) is 29.6 Å². The van der Waals surface area contributed by atoms with Gasteiger partial charge in [-0.15, -0.1) is 0 Å². The highest BCUT2D eigenvalue weighted by Gasteiger charge is 2.60. The van der Waals surface area contributed by atoms with Crippen LogP contribution >= 0.6 is 0 Å². The number of sulfonamides is 1. The van der Waals surface area contributed by atoms with Crippen molar-refractivity contribution in [3.63, 3.8) is 0 Å². The number of nitrogens with zero attached hydrogens (tertiary/aromatic N) is 2. The Morgan fingerprint density at radius 1 is 1.03 bits per heavy atom. The molecule has 7 nitrogen and oxygen atoms in total. The van der Waals surface area contributed by atoms with E-state index >= 15 is 0 Å². The number of ether oxygens (including phenoxy) is 1. The largest absolute Gasteiger partial charge is 0.441 e. The lowest BCUT2D eigenvalue weighted by Crippen LogP contribution is -2.54. The lowest BCUT2D eigenvalue weighted by atomic mass is 9.90. The monoisotopic (exact) mass is 538 g/mol. The van der Waals surface area contributed by atoms with Crippen molar-refractivity contribution < 1.29 is 36.2 Å². The topological polar surface area (TPSA) is 87.2 Å². The summed E-state index contributed by atoms with van der Waals surface area (Å²) in [4.78, 5) is 14.1. The van der Waals surface area contributed by atoms with E-state index in [2.05, 4.69) is 0 Å². The second kappa shape index (κ2) is 9.92. The number of rotatable bonds is 6. The maximum atomic E-state index is 14.2. The molecule has 2 aromatic rings. The van der Waals surface area contributed by atoms with E-state index in [4.69, 9.17) is 4.74 Å². The standard InChI is InChI=1S/C26H29F3N2O5S/c27-18-5-1-4-17(14-18)23-7-2-8-24(31(23)37(34,35)20-9-10-21(28)22(29)15-20)26(11-12-26)36-25(33)30-13-3-6-19(30)16-32/h1,4-5,9-10,14-15,19,23-24,32H,2-3,6-8,11-13,16H2/t19-,23-,24+/m0/s1. The van der Waals surface area contributed by atoms with Crippen molar-refractivity contribution in [3.05, 3.63) is 65.5 Å². The van der Waals surface area contributed by atoms with Gasteiger partial charge in [0.25, 0.3) is 0 Å². The summed E-state index contributed by atoms with van der Waals surface area (Å²) < 4.78 is 77.1. The number of aliphatic hydroxyl groups is 1. The first-order valence-corrected chi connectivity index (χ1v) is 13.9. The van der Waals surface area contributed by atoms with Crippen LogP contribution in [0, 0.1) is 17.5 Å². The van der Waals surface area contributed by atoms with Gasteiger partial charge in [-0.25, -0.2) is 26.4 Å². The molecule has 1 amide bonds. The van der Waals surface area contributed by atoms with Crippen molar-refractivity contribution in [1.29, 1.82) is 0 Å². The maximum absolute atomic E-state index is 14.2. The number of amides is 1. The second-order valence-corrected chi connectivity index (χ2v) is 11.9. The maximum Gasteiger partial charge on any atom is 0.410 e. The van der Waals surface area contributed by atoms with Gasteiger partial charge in [0.1, 0.15) is 11.4 Å². The predicted octanol–water partition coefficient (Wildman–Crippen LogP) is 4.51. The van der Waals surface area contributed by atoms with Crippen molar-refractivity contribution in [2.24, 2.45) is 0 Å². The van der Waals surface area contributed by atoms with Crippen LogP contribution in [0.1, 0.15) is 56.6 Å². The molecule has 37 heavy (non-hydrogen) atoms. The smallest absolute Gasteiger partial charge is 0.410 e. The molecule has 2 heterocycles. The molecule has 2 aromatic carbocycles. The average Bonchev–Trinajstić information content (AvgIpc) is 3.49. The number of likely N-dealkylation sites (tertiary alicyclic amines) is 1. The Balaban J connectivity index is 1.54. The van der Waals surface area contributed by atoms with E-state index in [9.17, 15) is 31.5 Å². The fraction of sp³-hybridized carbons (Fsp3) is 0.500. The van der Waals surface area contributed by atoms with Crippen molar-refractivity contribution in [2.75, 3.05) is 13.2 Å². The quantitative estimate of drug-likeness (QED) is 0.585. The van der Waals surface area contributed by atoms with E-state index in [1.165, 1.54) is 27.4 Å². The summed E-state index contributed by atoms with van der Waals surface area (Å²) >= 11 is 0. The zero-order valence-electron chi connectivity index (χ0n) is 20.2. The summed E-state index contributed by atoms with van der Waals surface area (Å²) in [5.41, 5.74) is -0.671. The third-order valence-corrected chi connectivity index (χ3v) is 9.65. The second-order valence-electron chi connectivity index (χ2n) is 10.0. The lowest BCUT2D eigenvalue weighted by molar-refractivity contribution is -0.0125. The Morgan fingerprint density at radius 3 is 2.49 bits per heavy atom. The highest BCUT2D eigenvalue weighted by atomic mass is 32.2. The van der Waals surface area contributed by atoms with Gasteiger partial charge >= 0.3 is 6.09 Å². The molecular formula is C26H29F3N2O5S. The van der Waals surface area contributed by atoms with Gasteiger partial charge in [-0.1, -0.05) is 12.1 Å². The molecule has 0 unspecified atom stereocenters. The van der Waals surface area contributed by atoms with Crippen molar-refractivity contribution in [2.45, 2.75) is 73.6 Å². The number of piperidine rings is 1. The molecular weight excluding hydrogens is 509 g/mol. The molecule has 2 saturated heterocycles. The number of benzene rings is 2. The molecule has 1 aliphatic carbocycles. The molecule has 3 atom stereocenters. The Hall–Kier alpha value is -2.63. The van der Waals surface area contributed by atoms with E-state index < -0.39 is 56.1 Å². The van der Waals surface area contributed by atoms with Crippen LogP contribution in [0.2, 0.25) is 0 Å². The molecule has 0 radical (unpaired) electrons. The van der Waals surface area contributed by atoms with Crippen LogP contribution in [0.3, 0.4) is 0 Å². The van der Waals surface area contributed by atoms with Crippen LogP contribution in [-0.2, 0) is 14.8 Å². The molecule has 0 spiro atoms.